The highest BCUT2D eigenvalue weighted by molar-refractivity contribution is 5.82. The zero-order valence-corrected chi connectivity index (χ0v) is 13.2. The van der Waals surface area contributed by atoms with Gasteiger partial charge in [-0.15, -0.1) is 0 Å². The summed E-state index contributed by atoms with van der Waals surface area (Å²) in [6, 6.07) is 22.0. The summed E-state index contributed by atoms with van der Waals surface area (Å²) in [6.07, 6.45) is 0. The van der Waals surface area contributed by atoms with E-state index in [0.29, 0.717) is 0 Å². The van der Waals surface area contributed by atoms with E-state index in [9.17, 15) is 0 Å². The molecule has 0 radical (unpaired) electrons. The smallest absolute Gasteiger partial charge is 0.118 e. The zero-order valence-electron chi connectivity index (χ0n) is 13.2. The molecule has 0 saturated carbocycles. The molecular formula is C20H19NO2. The number of hydrogen-bond acceptors (Lipinski definition) is 3. The van der Waals surface area contributed by atoms with Crippen molar-refractivity contribution in [3.05, 3.63) is 66.7 Å². The lowest BCUT2D eigenvalue weighted by Gasteiger charge is -2.10. The molecule has 3 heteroatoms. The predicted octanol–water partition coefficient (Wildman–Crippen LogP) is 4.62. The Morgan fingerprint density at radius 1 is 0.609 bits per heavy atom. The van der Waals surface area contributed by atoms with Crippen molar-refractivity contribution in [1.82, 2.24) is 0 Å². The molecule has 23 heavy (non-hydrogen) atoms. The van der Waals surface area contributed by atoms with Gasteiger partial charge in [-0.3, -0.25) is 0 Å². The van der Waals surface area contributed by atoms with Gasteiger partial charge in [0.05, 0.1) is 14.2 Å². The number of ether oxygens (including phenoxy) is 2. The van der Waals surface area contributed by atoms with Crippen molar-refractivity contribution in [2.75, 3.05) is 20.0 Å². The molecule has 0 aliphatic carbocycles. The Labute approximate surface area is 136 Å². The number of benzene rings is 3. The molecule has 0 bridgehead atoms. The summed E-state index contributed by atoms with van der Waals surface area (Å²) in [5, 5.41) is 0. The topological polar surface area (TPSA) is 44.5 Å². The van der Waals surface area contributed by atoms with Crippen LogP contribution in [0.5, 0.6) is 11.5 Å². The Balaban J connectivity index is 2.00. The molecular weight excluding hydrogens is 286 g/mol. The van der Waals surface area contributed by atoms with Gasteiger partial charge in [0.2, 0.25) is 0 Å². The van der Waals surface area contributed by atoms with Gasteiger partial charge >= 0.3 is 0 Å². The number of anilines is 1. The van der Waals surface area contributed by atoms with Crippen LogP contribution in [-0.2, 0) is 0 Å². The van der Waals surface area contributed by atoms with Crippen molar-refractivity contribution in [2.24, 2.45) is 0 Å². The third-order valence-electron chi connectivity index (χ3n) is 3.88. The number of methoxy groups -OCH3 is 2. The fourth-order valence-electron chi connectivity index (χ4n) is 2.54. The molecule has 3 aromatic rings. The minimum absolute atomic E-state index is 0.757. The first kappa shape index (κ1) is 15.0. The number of hydrogen-bond donors (Lipinski definition) is 1. The Kier molecular flexibility index (Phi) is 4.20. The Hall–Kier alpha value is -2.94. The van der Waals surface area contributed by atoms with Crippen molar-refractivity contribution in [2.45, 2.75) is 0 Å². The van der Waals surface area contributed by atoms with E-state index in [1.807, 2.05) is 60.7 Å². The van der Waals surface area contributed by atoms with Crippen LogP contribution in [0.3, 0.4) is 0 Å². The molecule has 0 saturated heterocycles. The molecule has 3 aromatic carbocycles. The lowest BCUT2D eigenvalue weighted by Crippen LogP contribution is -1.91. The molecule has 0 aliphatic heterocycles. The molecule has 0 amide bonds. The lowest BCUT2D eigenvalue weighted by atomic mass is 9.97. The summed E-state index contributed by atoms with van der Waals surface area (Å²) >= 11 is 0. The lowest BCUT2D eigenvalue weighted by molar-refractivity contribution is 0.415. The van der Waals surface area contributed by atoms with E-state index in [0.717, 1.165) is 39.4 Å². The second kappa shape index (κ2) is 6.44. The normalized spacial score (nSPS) is 10.3. The van der Waals surface area contributed by atoms with E-state index >= 15 is 0 Å². The average molecular weight is 305 g/mol. The molecule has 0 unspecified atom stereocenters. The van der Waals surface area contributed by atoms with Gasteiger partial charge in [-0.25, -0.2) is 0 Å². The molecule has 0 aliphatic rings. The van der Waals surface area contributed by atoms with Crippen LogP contribution in [0.2, 0.25) is 0 Å². The van der Waals surface area contributed by atoms with Crippen LogP contribution in [0.25, 0.3) is 22.3 Å². The second-order valence-corrected chi connectivity index (χ2v) is 5.26. The first-order valence-electron chi connectivity index (χ1n) is 7.39. The average Bonchev–Trinajstić information content (AvgIpc) is 2.62. The van der Waals surface area contributed by atoms with E-state index in [1.165, 1.54) is 0 Å². The van der Waals surface area contributed by atoms with Crippen LogP contribution >= 0.6 is 0 Å². The molecule has 116 valence electrons. The number of nitrogens with two attached hydrogens (primary N) is 1. The van der Waals surface area contributed by atoms with Gasteiger partial charge in [0.1, 0.15) is 11.5 Å². The number of rotatable bonds is 4. The summed E-state index contributed by atoms with van der Waals surface area (Å²) in [7, 11) is 3.33. The van der Waals surface area contributed by atoms with Gasteiger partial charge in [-0.05, 0) is 53.1 Å². The van der Waals surface area contributed by atoms with Crippen LogP contribution in [0.15, 0.2) is 66.7 Å². The van der Waals surface area contributed by atoms with Gasteiger partial charge in [-0.1, -0.05) is 30.3 Å². The summed E-state index contributed by atoms with van der Waals surface area (Å²) in [4.78, 5) is 0. The van der Waals surface area contributed by atoms with E-state index in [-0.39, 0.29) is 0 Å². The van der Waals surface area contributed by atoms with Gasteiger partial charge in [0.15, 0.2) is 0 Å². The van der Waals surface area contributed by atoms with Crippen LogP contribution < -0.4 is 15.2 Å². The largest absolute Gasteiger partial charge is 0.497 e. The predicted molar refractivity (Wildman–Crippen MR) is 94.8 cm³/mol. The SMILES string of the molecule is COc1ccc(-c2ccc(N)c(-c3ccc(OC)cc3)c2)cc1. The quantitative estimate of drug-likeness (QED) is 0.715. The van der Waals surface area contributed by atoms with Gasteiger partial charge < -0.3 is 15.2 Å². The van der Waals surface area contributed by atoms with Gasteiger partial charge in [0, 0.05) is 11.3 Å². The van der Waals surface area contributed by atoms with E-state index in [2.05, 4.69) is 6.07 Å². The van der Waals surface area contributed by atoms with E-state index in [4.69, 9.17) is 15.2 Å². The van der Waals surface area contributed by atoms with Crippen LogP contribution in [0.1, 0.15) is 0 Å². The second-order valence-electron chi connectivity index (χ2n) is 5.26. The molecule has 0 fully saturated rings. The van der Waals surface area contributed by atoms with Crippen molar-refractivity contribution in [1.29, 1.82) is 0 Å². The van der Waals surface area contributed by atoms with Crippen molar-refractivity contribution in [3.8, 4) is 33.8 Å². The summed E-state index contributed by atoms with van der Waals surface area (Å²) in [6.45, 7) is 0. The molecule has 0 aromatic heterocycles. The molecule has 3 rings (SSSR count). The van der Waals surface area contributed by atoms with Crippen molar-refractivity contribution in [3.63, 3.8) is 0 Å². The third kappa shape index (κ3) is 3.14. The molecule has 0 spiro atoms. The Morgan fingerprint density at radius 3 is 1.61 bits per heavy atom. The first-order chi connectivity index (χ1) is 11.2. The highest BCUT2D eigenvalue weighted by Gasteiger charge is 2.06. The summed E-state index contributed by atoms with van der Waals surface area (Å²) < 4.78 is 10.4. The summed E-state index contributed by atoms with van der Waals surface area (Å²) in [5.41, 5.74) is 11.2. The van der Waals surface area contributed by atoms with Crippen molar-refractivity contribution >= 4 is 5.69 Å². The third-order valence-corrected chi connectivity index (χ3v) is 3.88. The molecule has 2 N–H and O–H groups in total. The fraction of sp³-hybridized carbons (Fsp3) is 0.100. The van der Waals surface area contributed by atoms with Gasteiger partial charge in [0.25, 0.3) is 0 Å². The monoisotopic (exact) mass is 305 g/mol. The minimum atomic E-state index is 0.757. The highest BCUT2D eigenvalue weighted by Crippen LogP contribution is 2.32. The maximum Gasteiger partial charge on any atom is 0.118 e. The maximum atomic E-state index is 6.16. The standard InChI is InChI=1S/C20H19NO2/c1-22-17-8-3-14(4-9-17)16-7-12-20(21)19(13-16)15-5-10-18(23-2)11-6-15/h3-13H,21H2,1-2H3. The molecule has 0 atom stereocenters. The summed E-state index contributed by atoms with van der Waals surface area (Å²) in [5.74, 6) is 1.68. The zero-order chi connectivity index (χ0) is 16.2. The highest BCUT2D eigenvalue weighted by atomic mass is 16.5. The van der Waals surface area contributed by atoms with E-state index in [1.54, 1.807) is 14.2 Å². The van der Waals surface area contributed by atoms with E-state index < -0.39 is 0 Å². The van der Waals surface area contributed by atoms with Crippen LogP contribution in [0.4, 0.5) is 5.69 Å². The van der Waals surface area contributed by atoms with Crippen molar-refractivity contribution < 1.29 is 9.47 Å². The Morgan fingerprint density at radius 2 is 1.09 bits per heavy atom. The minimum Gasteiger partial charge on any atom is -0.497 e. The fourth-order valence-corrected chi connectivity index (χ4v) is 2.54. The first-order valence-corrected chi connectivity index (χ1v) is 7.39. The maximum absolute atomic E-state index is 6.16. The number of nitrogen functional groups attached to an aromatic ring is 1. The Bertz CT molecular complexity index is 793. The molecule has 3 nitrogen and oxygen atoms in total. The van der Waals surface area contributed by atoms with Crippen LogP contribution in [-0.4, -0.2) is 14.2 Å². The van der Waals surface area contributed by atoms with Crippen LogP contribution in [0, 0.1) is 0 Å². The molecule has 0 heterocycles. The van der Waals surface area contributed by atoms with Gasteiger partial charge in [-0.2, -0.15) is 0 Å².